The molecule has 2 aliphatic rings. The van der Waals surface area contributed by atoms with Crippen molar-refractivity contribution >= 4 is 15.6 Å². The summed E-state index contributed by atoms with van der Waals surface area (Å²) in [6.07, 6.45) is 3.39. The van der Waals surface area contributed by atoms with Crippen LogP contribution in [0.3, 0.4) is 0 Å². The Hall–Kier alpha value is -2.22. The van der Waals surface area contributed by atoms with Crippen molar-refractivity contribution in [2.75, 3.05) is 26.2 Å². The summed E-state index contributed by atoms with van der Waals surface area (Å²) in [6.45, 7) is 5.73. The summed E-state index contributed by atoms with van der Waals surface area (Å²) in [5.41, 5.74) is 0.753. The quantitative estimate of drug-likeness (QED) is 0.714. The molecule has 0 unspecified atom stereocenters. The number of nitrogens with zero attached hydrogens (tertiary/aromatic N) is 2. The summed E-state index contributed by atoms with van der Waals surface area (Å²) in [5, 5.41) is 14.4. The average Bonchev–Trinajstić information content (AvgIpc) is 2.80. The van der Waals surface area contributed by atoms with Crippen molar-refractivity contribution in [1.29, 1.82) is 0 Å². The van der Waals surface area contributed by atoms with Crippen LogP contribution in [0.25, 0.3) is 0 Å². The second kappa shape index (κ2) is 9.10. The molecule has 7 heteroatoms. The maximum atomic E-state index is 13.3. The molecule has 0 saturated carbocycles. The summed E-state index contributed by atoms with van der Waals surface area (Å²) < 4.78 is 26.7. The number of carbonyl (C=O) groups excluding carboxylic acids is 1. The lowest BCUT2D eigenvalue weighted by molar-refractivity contribution is -0.0589. The predicted octanol–water partition coefficient (Wildman–Crippen LogP) is 3.51. The van der Waals surface area contributed by atoms with Gasteiger partial charge in [0, 0.05) is 37.3 Å². The molecular formula is C24H30N2O4S. The lowest BCUT2D eigenvalue weighted by Gasteiger charge is -2.42. The van der Waals surface area contributed by atoms with E-state index in [4.69, 9.17) is 0 Å². The van der Waals surface area contributed by atoms with Gasteiger partial charge in [-0.2, -0.15) is 0 Å². The van der Waals surface area contributed by atoms with E-state index >= 15 is 0 Å². The van der Waals surface area contributed by atoms with Crippen LogP contribution in [0.15, 0.2) is 53.4 Å². The van der Waals surface area contributed by atoms with Crippen LogP contribution in [-0.2, 0) is 9.84 Å². The van der Waals surface area contributed by atoms with Crippen LogP contribution in [0.5, 0.6) is 5.75 Å². The number of phenols is 1. The minimum Gasteiger partial charge on any atom is -0.507 e. The molecule has 0 spiro atoms. The number of hydrazine groups is 1. The molecule has 2 saturated heterocycles. The highest BCUT2D eigenvalue weighted by atomic mass is 32.2. The van der Waals surface area contributed by atoms with Crippen LogP contribution in [0, 0.1) is 5.92 Å². The second-order valence-corrected chi connectivity index (χ2v) is 10.9. The zero-order valence-corrected chi connectivity index (χ0v) is 18.7. The molecule has 31 heavy (non-hydrogen) atoms. The maximum absolute atomic E-state index is 13.3. The first kappa shape index (κ1) is 22.0. The first-order valence-electron chi connectivity index (χ1n) is 11.0. The molecule has 6 nitrogen and oxygen atoms in total. The fourth-order valence-electron chi connectivity index (χ4n) is 4.53. The lowest BCUT2D eigenvalue weighted by atomic mass is 10.00. The lowest BCUT2D eigenvalue weighted by Crippen LogP contribution is -2.51. The van der Waals surface area contributed by atoms with Gasteiger partial charge in [-0.15, -0.1) is 0 Å². The van der Waals surface area contributed by atoms with Gasteiger partial charge in [0.2, 0.25) is 0 Å². The van der Waals surface area contributed by atoms with Gasteiger partial charge in [-0.3, -0.25) is 4.79 Å². The third-order valence-corrected chi connectivity index (χ3v) is 8.87. The van der Waals surface area contributed by atoms with Gasteiger partial charge in [-0.05, 0) is 49.8 Å². The molecule has 0 aromatic heterocycles. The van der Waals surface area contributed by atoms with Crippen LogP contribution < -0.4 is 0 Å². The smallest absolute Gasteiger partial charge is 0.193 e. The van der Waals surface area contributed by atoms with Gasteiger partial charge in [-0.25, -0.2) is 18.4 Å². The van der Waals surface area contributed by atoms with E-state index in [2.05, 4.69) is 16.9 Å². The Morgan fingerprint density at radius 3 is 2.06 bits per heavy atom. The first-order valence-corrected chi connectivity index (χ1v) is 12.6. The standard InChI is InChI=1S/C24H30N2O4S/c1-18-9-13-25(14-10-18)26-15-11-21(12-16-26)31(29,30)23-17-20(7-8-22(23)27)24(28)19-5-3-2-4-6-19/h2-8,17-18,21,27H,9-16H2,1H3. The van der Waals surface area contributed by atoms with E-state index < -0.39 is 15.1 Å². The normalized spacial score (nSPS) is 20.0. The van der Waals surface area contributed by atoms with E-state index in [1.165, 1.54) is 31.0 Å². The summed E-state index contributed by atoms with van der Waals surface area (Å²) >= 11 is 0. The molecule has 1 N–H and O–H groups in total. The van der Waals surface area contributed by atoms with E-state index in [9.17, 15) is 18.3 Å². The molecule has 0 aliphatic carbocycles. The molecule has 0 amide bonds. The molecule has 0 atom stereocenters. The molecule has 2 heterocycles. The first-order chi connectivity index (χ1) is 14.9. The highest BCUT2D eigenvalue weighted by Crippen LogP contribution is 2.32. The van der Waals surface area contributed by atoms with Gasteiger partial charge < -0.3 is 5.11 Å². The number of hydrogen-bond acceptors (Lipinski definition) is 6. The average molecular weight is 443 g/mol. The maximum Gasteiger partial charge on any atom is 0.193 e. The Morgan fingerprint density at radius 2 is 1.45 bits per heavy atom. The second-order valence-electron chi connectivity index (χ2n) is 8.71. The number of phenolic OH excluding ortho intramolecular Hbond substituents is 1. The molecule has 2 fully saturated rings. The van der Waals surface area contributed by atoms with Crippen LogP contribution in [0.4, 0.5) is 0 Å². The topological polar surface area (TPSA) is 77.9 Å². The van der Waals surface area contributed by atoms with Gasteiger partial charge in [0.1, 0.15) is 10.6 Å². The number of benzene rings is 2. The zero-order valence-electron chi connectivity index (χ0n) is 17.9. The van der Waals surface area contributed by atoms with Gasteiger partial charge in [0.25, 0.3) is 0 Å². The fraction of sp³-hybridized carbons (Fsp3) is 0.458. The fourth-order valence-corrected chi connectivity index (χ4v) is 6.37. The minimum absolute atomic E-state index is 0.139. The number of hydrogen-bond donors (Lipinski definition) is 1. The Balaban J connectivity index is 1.49. The zero-order chi connectivity index (χ0) is 22.0. The van der Waals surface area contributed by atoms with Crippen LogP contribution in [0.2, 0.25) is 0 Å². The van der Waals surface area contributed by atoms with Crippen molar-refractivity contribution in [3.05, 3.63) is 59.7 Å². The molecule has 166 valence electrons. The van der Waals surface area contributed by atoms with Crippen molar-refractivity contribution in [1.82, 2.24) is 10.0 Å². The van der Waals surface area contributed by atoms with E-state index in [0.29, 0.717) is 31.5 Å². The Labute approximate surface area is 184 Å². The summed E-state index contributed by atoms with van der Waals surface area (Å²) in [6, 6.07) is 12.9. The van der Waals surface area contributed by atoms with E-state index in [0.717, 1.165) is 19.0 Å². The van der Waals surface area contributed by atoms with Crippen LogP contribution in [0.1, 0.15) is 48.5 Å². The molecule has 2 aliphatic heterocycles. The highest BCUT2D eigenvalue weighted by Gasteiger charge is 2.35. The number of ketones is 1. The third kappa shape index (κ3) is 4.68. The highest BCUT2D eigenvalue weighted by molar-refractivity contribution is 7.92. The molecular weight excluding hydrogens is 412 g/mol. The van der Waals surface area contributed by atoms with Gasteiger partial charge in [0.15, 0.2) is 15.6 Å². The number of sulfone groups is 1. The Morgan fingerprint density at radius 1 is 0.871 bits per heavy atom. The van der Waals surface area contributed by atoms with Crippen molar-refractivity contribution < 1.29 is 18.3 Å². The predicted molar refractivity (Wildman–Crippen MR) is 120 cm³/mol. The van der Waals surface area contributed by atoms with Crippen LogP contribution in [-0.4, -0.2) is 60.8 Å². The van der Waals surface area contributed by atoms with Crippen molar-refractivity contribution in [2.24, 2.45) is 5.92 Å². The molecule has 4 rings (SSSR count). The minimum atomic E-state index is -3.74. The third-order valence-electron chi connectivity index (χ3n) is 6.58. The number of piperidine rings is 2. The number of rotatable bonds is 5. The van der Waals surface area contributed by atoms with Gasteiger partial charge in [0.05, 0.1) is 5.25 Å². The Kier molecular flexibility index (Phi) is 6.46. The van der Waals surface area contributed by atoms with Crippen molar-refractivity contribution in [3.63, 3.8) is 0 Å². The number of carbonyl (C=O) groups is 1. The van der Waals surface area contributed by atoms with Crippen LogP contribution >= 0.6 is 0 Å². The summed E-state index contributed by atoms with van der Waals surface area (Å²) in [4.78, 5) is 12.6. The summed E-state index contributed by atoms with van der Waals surface area (Å²) in [5.74, 6) is 0.200. The molecule has 0 bridgehead atoms. The van der Waals surface area contributed by atoms with Gasteiger partial charge in [-0.1, -0.05) is 37.3 Å². The largest absolute Gasteiger partial charge is 0.507 e. The summed E-state index contributed by atoms with van der Waals surface area (Å²) in [7, 11) is -3.74. The van der Waals surface area contributed by atoms with Gasteiger partial charge >= 0.3 is 0 Å². The monoisotopic (exact) mass is 442 g/mol. The molecule has 2 aromatic carbocycles. The Bertz CT molecular complexity index is 1020. The molecule has 0 radical (unpaired) electrons. The van der Waals surface area contributed by atoms with E-state index in [1.807, 2.05) is 6.07 Å². The SMILES string of the molecule is CC1CCN(N2CCC(S(=O)(=O)c3cc(C(=O)c4ccccc4)ccc3O)CC2)CC1. The van der Waals surface area contributed by atoms with Crippen molar-refractivity contribution in [2.45, 2.75) is 42.8 Å². The van der Waals surface area contributed by atoms with Crippen molar-refractivity contribution in [3.8, 4) is 5.75 Å². The van der Waals surface area contributed by atoms with E-state index in [-0.39, 0.29) is 22.0 Å². The molecule has 2 aromatic rings. The van der Waals surface area contributed by atoms with E-state index in [1.54, 1.807) is 24.3 Å². The number of aromatic hydroxyl groups is 1.